The zero-order chi connectivity index (χ0) is 13.6. The predicted molar refractivity (Wildman–Crippen MR) is 70.3 cm³/mol. The zero-order valence-electron chi connectivity index (χ0n) is 10.8. The number of benzene rings is 1. The second kappa shape index (κ2) is 4.30. The van der Waals surface area contributed by atoms with E-state index in [0.717, 1.165) is 42.4 Å². The Morgan fingerprint density at radius 3 is 2.47 bits per heavy atom. The van der Waals surface area contributed by atoms with E-state index in [2.05, 4.69) is 0 Å². The summed E-state index contributed by atoms with van der Waals surface area (Å²) < 4.78 is 5.63. The number of carbonyl (C=O) groups excluding carboxylic acids is 1. The van der Waals surface area contributed by atoms with Crippen molar-refractivity contribution in [1.82, 2.24) is 0 Å². The maximum absolute atomic E-state index is 12.3. The van der Waals surface area contributed by atoms with E-state index in [0.29, 0.717) is 5.75 Å². The minimum atomic E-state index is -0.548. The SMILES string of the molecule is C[C@@H]1Oc2cc(O)c(O)cc2C2=C(CCCC2)C1=O. The number of ether oxygens (including phenoxy) is 1. The van der Waals surface area contributed by atoms with Crippen LogP contribution >= 0.6 is 0 Å². The van der Waals surface area contributed by atoms with Crippen LogP contribution in [0.15, 0.2) is 17.7 Å². The van der Waals surface area contributed by atoms with Gasteiger partial charge in [-0.15, -0.1) is 0 Å². The smallest absolute Gasteiger partial charge is 0.199 e. The van der Waals surface area contributed by atoms with Gasteiger partial charge in [0.05, 0.1) is 0 Å². The minimum absolute atomic E-state index is 0.0184. The van der Waals surface area contributed by atoms with E-state index in [1.54, 1.807) is 6.92 Å². The Balaban J connectivity index is 2.24. The van der Waals surface area contributed by atoms with E-state index >= 15 is 0 Å². The number of fused-ring (bicyclic) bond motifs is 2. The zero-order valence-corrected chi connectivity index (χ0v) is 10.8. The Morgan fingerprint density at radius 1 is 1.11 bits per heavy atom. The molecule has 0 bridgehead atoms. The largest absolute Gasteiger partial charge is 0.504 e. The van der Waals surface area contributed by atoms with Gasteiger partial charge in [-0.1, -0.05) is 0 Å². The van der Waals surface area contributed by atoms with Gasteiger partial charge in [0, 0.05) is 17.2 Å². The van der Waals surface area contributed by atoms with Crippen molar-refractivity contribution in [3.05, 3.63) is 23.3 Å². The van der Waals surface area contributed by atoms with Gasteiger partial charge in [-0.2, -0.15) is 0 Å². The van der Waals surface area contributed by atoms with Crippen molar-refractivity contribution in [2.24, 2.45) is 0 Å². The van der Waals surface area contributed by atoms with Gasteiger partial charge < -0.3 is 14.9 Å². The van der Waals surface area contributed by atoms with Crippen LogP contribution < -0.4 is 4.74 Å². The number of aromatic hydroxyl groups is 2. The third kappa shape index (κ3) is 1.87. The first-order chi connectivity index (χ1) is 9.08. The number of Topliss-reactive ketones (excluding diaryl/α,β-unsaturated/α-hetero) is 1. The van der Waals surface area contributed by atoms with Gasteiger partial charge in [-0.3, -0.25) is 4.79 Å². The van der Waals surface area contributed by atoms with Crippen LogP contribution in [0, 0.1) is 0 Å². The third-order valence-electron chi connectivity index (χ3n) is 3.84. The molecule has 1 atom stereocenters. The molecule has 0 fully saturated rings. The van der Waals surface area contributed by atoms with Gasteiger partial charge in [0.2, 0.25) is 0 Å². The number of phenolic OH excluding ortho intramolecular Hbond substituents is 2. The molecule has 1 aromatic rings. The maximum atomic E-state index is 12.3. The Labute approximate surface area is 111 Å². The first kappa shape index (κ1) is 12.1. The predicted octanol–water partition coefficient (Wildman–Crippen LogP) is 2.78. The molecule has 1 aliphatic carbocycles. The van der Waals surface area contributed by atoms with Crippen molar-refractivity contribution in [2.75, 3.05) is 0 Å². The monoisotopic (exact) mass is 260 g/mol. The summed E-state index contributed by atoms with van der Waals surface area (Å²) in [6, 6.07) is 2.88. The highest BCUT2D eigenvalue weighted by Crippen LogP contribution is 2.44. The molecule has 0 amide bonds. The van der Waals surface area contributed by atoms with E-state index in [1.165, 1.54) is 12.1 Å². The Kier molecular flexibility index (Phi) is 2.73. The van der Waals surface area contributed by atoms with Crippen molar-refractivity contribution < 1.29 is 19.7 Å². The van der Waals surface area contributed by atoms with Crippen LogP contribution in [0.5, 0.6) is 17.2 Å². The molecule has 0 radical (unpaired) electrons. The second-order valence-electron chi connectivity index (χ2n) is 5.13. The second-order valence-corrected chi connectivity index (χ2v) is 5.13. The third-order valence-corrected chi connectivity index (χ3v) is 3.84. The highest BCUT2D eigenvalue weighted by Gasteiger charge is 2.31. The summed E-state index contributed by atoms with van der Waals surface area (Å²) in [4.78, 5) is 12.3. The fourth-order valence-corrected chi connectivity index (χ4v) is 2.85. The molecule has 0 spiro atoms. The van der Waals surface area contributed by atoms with Crippen molar-refractivity contribution in [3.8, 4) is 17.2 Å². The number of ketones is 1. The molecule has 100 valence electrons. The van der Waals surface area contributed by atoms with Gasteiger partial charge >= 0.3 is 0 Å². The van der Waals surface area contributed by atoms with E-state index in [-0.39, 0.29) is 17.3 Å². The average molecular weight is 260 g/mol. The van der Waals surface area contributed by atoms with Crippen LogP contribution in [0.25, 0.3) is 5.57 Å². The van der Waals surface area contributed by atoms with E-state index in [4.69, 9.17) is 4.74 Å². The lowest BCUT2D eigenvalue weighted by molar-refractivity contribution is -0.121. The van der Waals surface area contributed by atoms with Crippen LogP contribution in [0.2, 0.25) is 0 Å². The topological polar surface area (TPSA) is 66.8 Å². The Morgan fingerprint density at radius 2 is 1.74 bits per heavy atom. The summed E-state index contributed by atoms with van der Waals surface area (Å²) in [7, 11) is 0. The first-order valence-electron chi connectivity index (χ1n) is 6.57. The van der Waals surface area contributed by atoms with Crippen LogP contribution in [0.1, 0.15) is 38.2 Å². The van der Waals surface area contributed by atoms with E-state index < -0.39 is 6.10 Å². The summed E-state index contributed by atoms with van der Waals surface area (Å²) >= 11 is 0. The summed E-state index contributed by atoms with van der Waals surface area (Å²) in [6.45, 7) is 1.72. The molecule has 1 aliphatic heterocycles. The lowest BCUT2D eigenvalue weighted by Gasteiger charge is -2.18. The number of allylic oxidation sites excluding steroid dienone is 1. The van der Waals surface area contributed by atoms with Crippen molar-refractivity contribution in [2.45, 2.75) is 38.7 Å². The molecule has 4 nitrogen and oxygen atoms in total. The molecule has 0 saturated heterocycles. The summed E-state index contributed by atoms with van der Waals surface area (Å²) in [5, 5.41) is 19.3. The molecular formula is C15H16O4. The molecular weight excluding hydrogens is 244 g/mol. The molecule has 1 heterocycles. The lowest BCUT2D eigenvalue weighted by atomic mass is 9.85. The summed E-state index contributed by atoms with van der Waals surface area (Å²) in [5.74, 6) is 0.0907. The van der Waals surface area contributed by atoms with Crippen molar-refractivity contribution in [1.29, 1.82) is 0 Å². The maximum Gasteiger partial charge on any atom is 0.199 e. The molecule has 3 rings (SSSR count). The molecule has 0 saturated carbocycles. The number of rotatable bonds is 0. The molecule has 1 aromatic carbocycles. The van der Waals surface area contributed by atoms with Crippen LogP contribution in [0.4, 0.5) is 0 Å². The fourth-order valence-electron chi connectivity index (χ4n) is 2.85. The van der Waals surface area contributed by atoms with Gasteiger partial charge in [-0.05, 0) is 44.2 Å². The Bertz CT molecular complexity index is 586. The van der Waals surface area contributed by atoms with Gasteiger partial charge in [-0.25, -0.2) is 0 Å². The van der Waals surface area contributed by atoms with Gasteiger partial charge in [0.25, 0.3) is 0 Å². The molecule has 2 N–H and O–H groups in total. The quantitative estimate of drug-likeness (QED) is 0.704. The average Bonchev–Trinajstić information content (AvgIpc) is 2.50. The van der Waals surface area contributed by atoms with E-state index in [1.807, 2.05) is 0 Å². The normalized spacial score (nSPS) is 22.4. The molecule has 0 aromatic heterocycles. The molecule has 4 heteroatoms. The van der Waals surface area contributed by atoms with Crippen molar-refractivity contribution >= 4 is 11.4 Å². The molecule has 19 heavy (non-hydrogen) atoms. The van der Waals surface area contributed by atoms with Crippen LogP contribution in [-0.4, -0.2) is 22.1 Å². The lowest BCUT2D eigenvalue weighted by Crippen LogP contribution is -2.24. The molecule has 2 aliphatic rings. The highest BCUT2D eigenvalue weighted by molar-refractivity contribution is 6.07. The van der Waals surface area contributed by atoms with Crippen LogP contribution in [0.3, 0.4) is 0 Å². The van der Waals surface area contributed by atoms with Crippen molar-refractivity contribution in [3.63, 3.8) is 0 Å². The number of phenols is 2. The summed E-state index contributed by atoms with van der Waals surface area (Å²) in [5.41, 5.74) is 2.52. The standard InChI is InChI=1S/C15H16O4/c1-8-15(18)10-5-3-2-4-9(10)11-6-12(16)13(17)7-14(11)19-8/h6-8,16-17H,2-5H2,1H3/t8-/m0/s1. The van der Waals surface area contributed by atoms with E-state index in [9.17, 15) is 15.0 Å². The number of carbonyl (C=O) groups is 1. The van der Waals surface area contributed by atoms with Crippen LogP contribution in [-0.2, 0) is 4.79 Å². The fraction of sp³-hybridized carbons (Fsp3) is 0.400. The summed E-state index contributed by atoms with van der Waals surface area (Å²) in [6.07, 6.45) is 3.07. The van der Waals surface area contributed by atoms with Gasteiger partial charge in [0.1, 0.15) is 5.75 Å². The number of hydrogen-bond acceptors (Lipinski definition) is 4. The highest BCUT2D eigenvalue weighted by atomic mass is 16.5. The number of hydrogen-bond donors (Lipinski definition) is 2. The Hall–Kier alpha value is -1.97. The first-order valence-corrected chi connectivity index (χ1v) is 6.57. The molecule has 0 unspecified atom stereocenters. The minimum Gasteiger partial charge on any atom is -0.504 e. The van der Waals surface area contributed by atoms with Gasteiger partial charge in [0.15, 0.2) is 23.4 Å².